The normalized spacial score (nSPS) is 19.5. The summed E-state index contributed by atoms with van der Waals surface area (Å²) in [5.41, 5.74) is 5.47. The minimum atomic E-state index is -0.387. The summed E-state index contributed by atoms with van der Waals surface area (Å²) in [7, 11) is 0. The van der Waals surface area contributed by atoms with Crippen molar-refractivity contribution in [3.63, 3.8) is 0 Å². The predicted octanol–water partition coefficient (Wildman–Crippen LogP) is 0.994. The minimum Gasteiger partial charge on any atom is -0.355 e. The van der Waals surface area contributed by atoms with Gasteiger partial charge in [-0.3, -0.25) is 4.79 Å². The van der Waals surface area contributed by atoms with Gasteiger partial charge in [0.2, 0.25) is 5.91 Å². The van der Waals surface area contributed by atoms with Crippen molar-refractivity contribution < 1.29 is 4.79 Å². The Labute approximate surface area is 111 Å². The zero-order valence-corrected chi connectivity index (χ0v) is 11.8. The van der Waals surface area contributed by atoms with Crippen LogP contribution in [0.4, 0.5) is 0 Å². The van der Waals surface area contributed by atoms with Crippen molar-refractivity contribution in [3.05, 3.63) is 0 Å². The van der Waals surface area contributed by atoms with Crippen molar-refractivity contribution in [3.8, 4) is 0 Å². The van der Waals surface area contributed by atoms with Gasteiger partial charge >= 0.3 is 0 Å². The van der Waals surface area contributed by atoms with E-state index in [-0.39, 0.29) is 24.4 Å². The summed E-state index contributed by atoms with van der Waals surface area (Å²) in [6.07, 6.45) is 3.62. The number of nitrogens with two attached hydrogens (primary N) is 1. The summed E-state index contributed by atoms with van der Waals surface area (Å²) < 4.78 is 0. The van der Waals surface area contributed by atoms with Gasteiger partial charge in [-0.25, -0.2) is 0 Å². The Morgan fingerprint density at radius 1 is 1.47 bits per heavy atom. The molecule has 1 atom stereocenters. The number of piperidine rings is 1. The van der Waals surface area contributed by atoms with Crippen LogP contribution in [0, 0.1) is 5.92 Å². The van der Waals surface area contributed by atoms with Crippen LogP contribution in [0.3, 0.4) is 0 Å². The molecule has 0 aliphatic carbocycles. The quantitative estimate of drug-likeness (QED) is 0.778. The Bertz CT molecular complexity index is 216. The Morgan fingerprint density at radius 2 is 2.06 bits per heavy atom. The zero-order chi connectivity index (χ0) is 12.0. The highest BCUT2D eigenvalue weighted by Crippen LogP contribution is 2.19. The molecule has 1 aliphatic heterocycles. The van der Waals surface area contributed by atoms with Crippen LogP contribution in [-0.2, 0) is 4.79 Å². The molecule has 0 saturated carbocycles. The molecule has 5 heteroatoms. The summed E-state index contributed by atoms with van der Waals surface area (Å²) >= 11 is 0. The topological polar surface area (TPSA) is 58.4 Å². The van der Waals surface area contributed by atoms with Crippen molar-refractivity contribution in [2.24, 2.45) is 11.7 Å². The van der Waals surface area contributed by atoms with E-state index in [1.54, 1.807) is 6.92 Å². The lowest BCUT2D eigenvalue weighted by atomic mass is 9.93. The van der Waals surface area contributed by atoms with E-state index in [1.165, 1.54) is 25.9 Å². The van der Waals surface area contributed by atoms with Gasteiger partial charge in [0.15, 0.2) is 0 Å². The summed E-state index contributed by atoms with van der Waals surface area (Å²) in [5, 5.41) is 2.88. The van der Waals surface area contributed by atoms with Crippen molar-refractivity contribution >= 4 is 18.3 Å². The highest BCUT2D eigenvalue weighted by atomic mass is 35.5. The average Bonchev–Trinajstić information content (AvgIpc) is 2.29. The fraction of sp³-hybridized carbons (Fsp3) is 0.917. The molecule has 1 unspecified atom stereocenters. The first kappa shape index (κ1) is 16.7. The summed E-state index contributed by atoms with van der Waals surface area (Å²) in [4.78, 5) is 13.7. The second kappa shape index (κ2) is 8.72. The Hall–Kier alpha value is -0.320. The summed E-state index contributed by atoms with van der Waals surface area (Å²) in [6, 6.07) is -0.387. The number of hydrogen-bond acceptors (Lipinski definition) is 3. The Kier molecular flexibility index (Phi) is 8.56. The molecule has 0 bridgehead atoms. The molecule has 1 heterocycles. The lowest BCUT2D eigenvalue weighted by Gasteiger charge is -2.31. The molecule has 3 N–H and O–H groups in total. The van der Waals surface area contributed by atoms with Gasteiger partial charge in [0, 0.05) is 6.54 Å². The van der Waals surface area contributed by atoms with E-state index in [2.05, 4.69) is 17.1 Å². The highest BCUT2D eigenvalue weighted by Gasteiger charge is 2.17. The second-order valence-corrected chi connectivity index (χ2v) is 4.75. The van der Waals surface area contributed by atoms with E-state index in [4.69, 9.17) is 5.73 Å². The van der Waals surface area contributed by atoms with Crippen LogP contribution in [-0.4, -0.2) is 43.0 Å². The maximum absolute atomic E-state index is 11.2. The first-order valence-electron chi connectivity index (χ1n) is 6.39. The van der Waals surface area contributed by atoms with Gasteiger partial charge in [-0.2, -0.15) is 0 Å². The van der Waals surface area contributed by atoms with Gasteiger partial charge in [0.25, 0.3) is 0 Å². The van der Waals surface area contributed by atoms with Crippen LogP contribution in [0.25, 0.3) is 0 Å². The molecule has 1 amide bonds. The van der Waals surface area contributed by atoms with Gasteiger partial charge in [-0.15, -0.1) is 12.4 Å². The highest BCUT2D eigenvalue weighted by molar-refractivity contribution is 5.85. The third kappa shape index (κ3) is 6.24. The van der Waals surface area contributed by atoms with Crippen molar-refractivity contribution in [1.29, 1.82) is 0 Å². The molecule has 0 radical (unpaired) electrons. The van der Waals surface area contributed by atoms with Crippen LogP contribution in [0.2, 0.25) is 0 Å². The van der Waals surface area contributed by atoms with Crippen molar-refractivity contribution in [2.75, 3.05) is 26.2 Å². The predicted molar refractivity (Wildman–Crippen MR) is 73.4 cm³/mol. The number of carbonyl (C=O) groups excluding carboxylic acids is 1. The standard InChI is InChI=1S/C12H25N3O.ClH/c1-3-15-8-5-11(6-9-15)4-7-14-12(16)10(2)13;/h10-11H,3-9,13H2,1-2H3,(H,14,16);1H. The number of rotatable bonds is 5. The maximum atomic E-state index is 11.2. The largest absolute Gasteiger partial charge is 0.355 e. The molecule has 1 fully saturated rings. The minimum absolute atomic E-state index is 0. The fourth-order valence-corrected chi connectivity index (χ4v) is 2.15. The second-order valence-electron chi connectivity index (χ2n) is 4.75. The SMILES string of the molecule is CCN1CCC(CCNC(=O)C(C)N)CC1.Cl. The monoisotopic (exact) mass is 263 g/mol. The maximum Gasteiger partial charge on any atom is 0.236 e. The molecule has 102 valence electrons. The lowest BCUT2D eigenvalue weighted by Crippen LogP contribution is -2.40. The molecule has 1 rings (SSSR count). The molecule has 4 nitrogen and oxygen atoms in total. The molecule has 0 aromatic carbocycles. The molecular formula is C12H26ClN3O. The van der Waals surface area contributed by atoms with E-state index < -0.39 is 0 Å². The molecule has 0 aromatic rings. The van der Waals surface area contributed by atoms with Crippen molar-refractivity contribution in [1.82, 2.24) is 10.2 Å². The van der Waals surface area contributed by atoms with E-state index in [1.807, 2.05) is 0 Å². The summed E-state index contributed by atoms with van der Waals surface area (Å²) in [6.45, 7) is 8.29. The number of halogens is 1. The fourth-order valence-electron chi connectivity index (χ4n) is 2.15. The van der Waals surface area contributed by atoms with Crippen LogP contribution in [0.15, 0.2) is 0 Å². The zero-order valence-electron chi connectivity index (χ0n) is 10.9. The first-order chi connectivity index (χ1) is 7.63. The smallest absolute Gasteiger partial charge is 0.236 e. The van der Waals surface area contributed by atoms with Gasteiger partial charge in [-0.05, 0) is 51.7 Å². The van der Waals surface area contributed by atoms with Crippen molar-refractivity contribution in [2.45, 2.75) is 39.2 Å². The van der Waals surface area contributed by atoms with Crippen LogP contribution in [0.5, 0.6) is 0 Å². The van der Waals surface area contributed by atoms with E-state index in [0.717, 1.165) is 25.4 Å². The Morgan fingerprint density at radius 3 is 2.53 bits per heavy atom. The van der Waals surface area contributed by atoms with E-state index in [0.29, 0.717) is 0 Å². The molecular weight excluding hydrogens is 238 g/mol. The molecule has 0 aromatic heterocycles. The number of hydrogen-bond donors (Lipinski definition) is 2. The van der Waals surface area contributed by atoms with Gasteiger partial charge in [0.05, 0.1) is 6.04 Å². The molecule has 17 heavy (non-hydrogen) atoms. The van der Waals surface area contributed by atoms with Gasteiger partial charge in [0.1, 0.15) is 0 Å². The Balaban J connectivity index is 0.00000256. The number of amides is 1. The lowest BCUT2D eigenvalue weighted by molar-refractivity contribution is -0.122. The van der Waals surface area contributed by atoms with Crippen LogP contribution < -0.4 is 11.1 Å². The summed E-state index contributed by atoms with van der Waals surface area (Å²) in [5.74, 6) is 0.738. The first-order valence-corrected chi connectivity index (χ1v) is 6.39. The molecule has 1 aliphatic rings. The van der Waals surface area contributed by atoms with Gasteiger partial charge in [-0.1, -0.05) is 6.92 Å². The molecule has 0 spiro atoms. The average molecular weight is 264 g/mol. The number of nitrogens with one attached hydrogen (secondary N) is 1. The third-order valence-electron chi connectivity index (χ3n) is 3.42. The van der Waals surface area contributed by atoms with Crippen LogP contribution in [0.1, 0.15) is 33.1 Å². The van der Waals surface area contributed by atoms with Crippen LogP contribution >= 0.6 is 12.4 Å². The third-order valence-corrected chi connectivity index (χ3v) is 3.42. The van der Waals surface area contributed by atoms with E-state index >= 15 is 0 Å². The number of nitrogens with zero attached hydrogens (tertiary/aromatic N) is 1. The number of carbonyl (C=O) groups is 1. The molecule has 1 saturated heterocycles. The van der Waals surface area contributed by atoms with Gasteiger partial charge < -0.3 is 16.0 Å². The number of likely N-dealkylation sites (tertiary alicyclic amines) is 1. The van der Waals surface area contributed by atoms with E-state index in [9.17, 15) is 4.79 Å².